The second-order valence-corrected chi connectivity index (χ2v) is 5.30. The molecule has 100 valence electrons. The quantitative estimate of drug-likeness (QED) is 0.817. The summed E-state index contributed by atoms with van der Waals surface area (Å²) in [5.41, 5.74) is 3.94. The normalized spacial score (nSPS) is 15.4. The van der Waals surface area contributed by atoms with Crippen LogP contribution in [0.1, 0.15) is 31.1 Å². The number of unbranched alkanes of at least 4 members (excludes halogenated alkanes) is 1. The van der Waals surface area contributed by atoms with Gasteiger partial charge in [0.05, 0.1) is 6.26 Å². The van der Waals surface area contributed by atoms with E-state index >= 15 is 0 Å². The van der Waals surface area contributed by atoms with Gasteiger partial charge in [0.1, 0.15) is 5.76 Å². The lowest BCUT2D eigenvalue weighted by molar-refractivity contribution is 0.239. The first-order chi connectivity index (χ1) is 9.38. The molecule has 0 aliphatic carbocycles. The lowest BCUT2D eigenvalue weighted by Crippen LogP contribution is -2.30. The predicted molar refractivity (Wildman–Crippen MR) is 78.0 cm³/mol. The van der Waals surface area contributed by atoms with Crippen LogP contribution in [-0.4, -0.2) is 18.0 Å². The van der Waals surface area contributed by atoms with E-state index in [1.165, 1.54) is 41.8 Å². The molecular weight excluding hydrogens is 234 g/mol. The zero-order chi connectivity index (χ0) is 13.1. The van der Waals surface area contributed by atoms with E-state index in [9.17, 15) is 0 Å². The SMILES string of the molecule is CCCCN1CCc2occ(-c3ccccc3)c2C1. The highest BCUT2D eigenvalue weighted by Crippen LogP contribution is 2.32. The van der Waals surface area contributed by atoms with E-state index in [0.717, 1.165) is 19.5 Å². The lowest BCUT2D eigenvalue weighted by atomic mass is 9.99. The molecule has 3 rings (SSSR count). The molecule has 0 radical (unpaired) electrons. The van der Waals surface area contributed by atoms with Crippen molar-refractivity contribution in [1.82, 2.24) is 4.90 Å². The maximum absolute atomic E-state index is 5.77. The maximum Gasteiger partial charge on any atom is 0.110 e. The lowest BCUT2D eigenvalue weighted by Gasteiger charge is -2.26. The average Bonchev–Trinajstić information content (AvgIpc) is 2.89. The highest BCUT2D eigenvalue weighted by atomic mass is 16.3. The number of benzene rings is 1. The second kappa shape index (κ2) is 5.62. The van der Waals surface area contributed by atoms with Crippen LogP contribution in [0, 0.1) is 0 Å². The van der Waals surface area contributed by atoms with Crippen molar-refractivity contribution in [2.75, 3.05) is 13.1 Å². The van der Waals surface area contributed by atoms with Gasteiger partial charge >= 0.3 is 0 Å². The largest absolute Gasteiger partial charge is 0.468 e. The first-order valence-corrected chi connectivity index (χ1v) is 7.25. The van der Waals surface area contributed by atoms with Gasteiger partial charge in [-0.3, -0.25) is 4.90 Å². The van der Waals surface area contributed by atoms with E-state index in [-0.39, 0.29) is 0 Å². The molecule has 0 unspecified atom stereocenters. The average molecular weight is 255 g/mol. The highest BCUT2D eigenvalue weighted by Gasteiger charge is 2.22. The summed E-state index contributed by atoms with van der Waals surface area (Å²) in [6.45, 7) is 5.63. The van der Waals surface area contributed by atoms with Gasteiger partial charge in [-0.05, 0) is 18.5 Å². The number of hydrogen-bond acceptors (Lipinski definition) is 2. The number of nitrogens with zero attached hydrogens (tertiary/aromatic N) is 1. The first kappa shape index (κ1) is 12.5. The topological polar surface area (TPSA) is 16.4 Å². The van der Waals surface area contributed by atoms with E-state index in [1.807, 2.05) is 6.26 Å². The molecule has 2 nitrogen and oxygen atoms in total. The molecule has 0 atom stereocenters. The molecule has 0 saturated heterocycles. The molecule has 1 aromatic carbocycles. The Morgan fingerprint density at radius 2 is 2.05 bits per heavy atom. The van der Waals surface area contributed by atoms with Crippen molar-refractivity contribution in [2.24, 2.45) is 0 Å². The van der Waals surface area contributed by atoms with Crippen LogP contribution in [0.2, 0.25) is 0 Å². The van der Waals surface area contributed by atoms with Crippen molar-refractivity contribution >= 4 is 0 Å². The third-order valence-electron chi connectivity index (χ3n) is 3.93. The Kier molecular flexibility index (Phi) is 3.69. The van der Waals surface area contributed by atoms with Crippen LogP contribution in [0.25, 0.3) is 11.1 Å². The van der Waals surface area contributed by atoms with Crippen molar-refractivity contribution in [3.05, 3.63) is 47.9 Å². The molecule has 0 spiro atoms. The summed E-state index contributed by atoms with van der Waals surface area (Å²) in [6, 6.07) is 10.6. The molecule has 0 amide bonds. The van der Waals surface area contributed by atoms with Gasteiger partial charge in [0, 0.05) is 30.6 Å². The van der Waals surface area contributed by atoms with Crippen molar-refractivity contribution in [3.63, 3.8) is 0 Å². The Balaban J connectivity index is 1.85. The van der Waals surface area contributed by atoms with Crippen molar-refractivity contribution in [2.45, 2.75) is 32.7 Å². The minimum absolute atomic E-state index is 1.04. The predicted octanol–water partition coefficient (Wildman–Crippen LogP) is 4.10. The molecule has 2 aromatic rings. The third kappa shape index (κ3) is 2.59. The van der Waals surface area contributed by atoms with Gasteiger partial charge in [-0.1, -0.05) is 43.7 Å². The van der Waals surface area contributed by atoms with Crippen LogP contribution in [0.3, 0.4) is 0 Å². The van der Waals surface area contributed by atoms with Crippen molar-refractivity contribution < 1.29 is 4.42 Å². The standard InChI is InChI=1S/C17H21NO/c1-2-3-10-18-11-9-17-15(12-18)16(13-19-17)14-7-5-4-6-8-14/h4-8,13H,2-3,9-12H2,1H3. The summed E-state index contributed by atoms with van der Waals surface area (Å²) in [5, 5.41) is 0. The van der Waals surface area contributed by atoms with Crippen molar-refractivity contribution in [1.29, 1.82) is 0 Å². The van der Waals surface area contributed by atoms with Gasteiger partial charge in [0.25, 0.3) is 0 Å². The number of hydrogen-bond donors (Lipinski definition) is 0. The van der Waals surface area contributed by atoms with Gasteiger partial charge in [0.15, 0.2) is 0 Å². The molecule has 1 aliphatic heterocycles. The first-order valence-electron chi connectivity index (χ1n) is 7.25. The van der Waals surface area contributed by atoms with Crippen LogP contribution >= 0.6 is 0 Å². The zero-order valence-electron chi connectivity index (χ0n) is 11.6. The van der Waals surface area contributed by atoms with E-state index in [0.29, 0.717) is 0 Å². The van der Waals surface area contributed by atoms with Gasteiger partial charge in [-0.2, -0.15) is 0 Å². The number of furan rings is 1. The highest BCUT2D eigenvalue weighted by molar-refractivity contribution is 5.67. The molecular formula is C17H21NO. The summed E-state index contributed by atoms with van der Waals surface area (Å²) >= 11 is 0. The Morgan fingerprint density at radius 1 is 1.21 bits per heavy atom. The summed E-state index contributed by atoms with van der Waals surface area (Å²) in [6.07, 6.45) is 5.53. The molecule has 1 aromatic heterocycles. The van der Waals surface area contributed by atoms with E-state index < -0.39 is 0 Å². The number of fused-ring (bicyclic) bond motifs is 1. The molecule has 2 heterocycles. The molecule has 19 heavy (non-hydrogen) atoms. The minimum atomic E-state index is 1.04. The van der Waals surface area contributed by atoms with Crippen LogP contribution in [0.4, 0.5) is 0 Å². The van der Waals surface area contributed by atoms with E-state index in [1.54, 1.807) is 0 Å². The monoisotopic (exact) mass is 255 g/mol. The Labute approximate surface area is 115 Å². The van der Waals surface area contributed by atoms with E-state index in [2.05, 4.69) is 42.2 Å². The summed E-state index contributed by atoms with van der Waals surface area (Å²) in [4.78, 5) is 2.55. The molecule has 1 aliphatic rings. The molecule has 0 bridgehead atoms. The number of rotatable bonds is 4. The smallest absolute Gasteiger partial charge is 0.110 e. The van der Waals surface area contributed by atoms with E-state index in [4.69, 9.17) is 4.42 Å². The van der Waals surface area contributed by atoms with Gasteiger partial charge in [-0.25, -0.2) is 0 Å². The van der Waals surface area contributed by atoms with Crippen LogP contribution in [0.5, 0.6) is 0 Å². The summed E-state index contributed by atoms with van der Waals surface area (Å²) in [7, 11) is 0. The maximum atomic E-state index is 5.77. The fourth-order valence-electron chi connectivity index (χ4n) is 2.80. The van der Waals surface area contributed by atoms with Gasteiger partial charge < -0.3 is 4.42 Å². The van der Waals surface area contributed by atoms with Crippen LogP contribution in [0.15, 0.2) is 41.0 Å². The second-order valence-electron chi connectivity index (χ2n) is 5.30. The molecule has 2 heteroatoms. The summed E-state index contributed by atoms with van der Waals surface area (Å²) in [5.74, 6) is 1.19. The van der Waals surface area contributed by atoms with Crippen LogP contribution < -0.4 is 0 Å². The minimum Gasteiger partial charge on any atom is -0.468 e. The van der Waals surface area contributed by atoms with Gasteiger partial charge in [-0.15, -0.1) is 0 Å². The summed E-state index contributed by atoms with van der Waals surface area (Å²) < 4.78 is 5.77. The zero-order valence-corrected chi connectivity index (χ0v) is 11.6. The van der Waals surface area contributed by atoms with Crippen LogP contribution in [-0.2, 0) is 13.0 Å². The Bertz CT molecular complexity index is 529. The molecule has 0 N–H and O–H groups in total. The van der Waals surface area contributed by atoms with Gasteiger partial charge in [0.2, 0.25) is 0 Å². The fourth-order valence-corrected chi connectivity index (χ4v) is 2.80. The molecule has 0 fully saturated rings. The Morgan fingerprint density at radius 3 is 2.84 bits per heavy atom. The third-order valence-corrected chi connectivity index (χ3v) is 3.93. The Hall–Kier alpha value is -1.54. The van der Waals surface area contributed by atoms with Crippen molar-refractivity contribution in [3.8, 4) is 11.1 Å². The molecule has 0 saturated carbocycles. The fraction of sp³-hybridized carbons (Fsp3) is 0.412.